The molecule has 5 nitrogen and oxygen atoms in total. The summed E-state index contributed by atoms with van der Waals surface area (Å²) in [7, 11) is 0. The Morgan fingerprint density at radius 3 is 2.30 bits per heavy atom. The van der Waals surface area contributed by atoms with Crippen LogP contribution in [0.2, 0.25) is 0 Å². The predicted octanol–water partition coefficient (Wildman–Crippen LogP) is 4.71. The van der Waals surface area contributed by atoms with E-state index in [4.69, 9.17) is 9.47 Å². The zero-order valence-electron chi connectivity index (χ0n) is 19.2. The molecule has 4 rings (SSSR count). The van der Waals surface area contributed by atoms with E-state index >= 15 is 0 Å². The van der Waals surface area contributed by atoms with Crippen LogP contribution in [0.1, 0.15) is 86.0 Å². The number of esters is 2. The lowest BCUT2D eigenvalue weighted by molar-refractivity contribution is -0.171. The molecule has 3 unspecified atom stereocenters. The molecule has 0 spiro atoms. The van der Waals surface area contributed by atoms with Crippen LogP contribution in [0.5, 0.6) is 0 Å². The van der Waals surface area contributed by atoms with Gasteiger partial charge in [-0.05, 0) is 80.5 Å². The molecule has 0 N–H and O–H groups in total. The Morgan fingerprint density at radius 2 is 1.63 bits per heavy atom. The number of ether oxygens (including phenoxy) is 2. The van der Waals surface area contributed by atoms with Crippen LogP contribution in [0, 0.1) is 40.4 Å². The summed E-state index contributed by atoms with van der Waals surface area (Å²) in [6.07, 6.45) is 7.58. The van der Waals surface area contributed by atoms with Crippen LogP contribution in [-0.4, -0.2) is 29.9 Å². The molecule has 5 heteroatoms. The molecule has 0 bridgehead atoms. The average molecular weight is 419 g/mol. The van der Waals surface area contributed by atoms with Gasteiger partial charge in [-0.25, -0.2) is 0 Å². The molecule has 0 radical (unpaired) electrons. The number of carbonyl (C=O) groups excluding carboxylic acids is 3. The topological polar surface area (TPSA) is 69.7 Å². The highest BCUT2D eigenvalue weighted by atomic mass is 16.5. The first-order chi connectivity index (χ1) is 14.1. The maximum absolute atomic E-state index is 13.4. The summed E-state index contributed by atoms with van der Waals surface area (Å²) >= 11 is 0. The molecule has 4 aliphatic carbocycles. The molecule has 4 aliphatic rings. The van der Waals surface area contributed by atoms with Crippen LogP contribution in [0.25, 0.3) is 0 Å². The predicted molar refractivity (Wildman–Crippen MR) is 112 cm³/mol. The summed E-state index contributed by atoms with van der Waals surface area (Å²) < 4.78 is 11.1. The molecule has 9 atom stereocenters. The summed E-state index contributed by atoms with van der Waals surface area (Å²) in [6, 6.07) is 0. The van der Waals surface area contributed by atoms with Gasteiger partial charge in [0.1, 0.15) is 18.0 Å². The molecule has 0 aliphatic heterocycles. The van der Waals surface area contributed by atoms with E-state index in [1.807, 2.05) is 6.92 Å². The largest absolute Gasteiger partial charge is 0.463 e. The number of fused-ring (bicyclic) bond motifs is 5. The maximum atomic E-state index is 13.4. The highest BCUT2D eigenvalue weighted by molar-refractivity contribution is 5.83. The zero-order valence-corrected chi connectivity index (χ0v) is 19.2. The van der Waals surface area contributed by atoms with Gasteiger partial charge < -0.3 is 9.47 Å². The Hall–Kier alpha value is -1.39. The summed E-state index contributed by atoms with van der Waals surface area (Å²) in [6.45, 7) is 9.73. The fourth-order valence-electron chi connectivity index (χ4n) is 8.50. The molecule has 0 aromatic rings. The van der Waals surface area contributed by atoms with Crippen molar-refractivity contribution < 1.29 is 23.9 Å². The average Bonchev–Trinajstić information content (AvgIpc) is 2.99. The minimum Gasteiger partial charge on any atom is -0.463 e. The van der Waals surface area contributed by atoms with E-state index in [9.17, 15) is 14.4 Å². The molecule has 0 heterocycles. The van der Waals surface area contributed by atoms with Crippen molar-refractivity contribution in [3.8, 4) is 0 Å². The second kappa shape index (κ2) is 7.63. The first-order valence-electron chi connectivity index (χ1n) is 11.9. The van der Waals surface area contributed by atoms with Gasteiger partial charge in [0.25, 0.3) is 0 Å². The van der Waals surface area contributed by atoms with Crippen molar-refractivity contribution in [2.75, 3.05) is 0 Å². The molecule has 0 aromatic heterocycles. The maximum Gasteiger partial charge on any atom is 0.302 e. The van der Waals surface area contributed by atoms with Gasteiger partial charge in [0.15, 0.2) is 0 Å². The van der Waals surface area contributed by atoms with Crippen molar-refractivity contribution in [1.82, 2.24) is 0 Å². The van der Waals surface area contributed by atoms with Gasteiger partial charge in [0.05, 0.1) is 0 Å². The Kier molecular flexibility index (Phi) is 5.55. The molecule has 4 fully saturated rings. The van der Waals surface area contributed by atoms with Crippen LogP contribution in [0.15, 0.2) is 0 Å². The van der Waals surface area contributed by atoms with E-state index in [-0.39, 0.29) is 40.9 Å². The van der Waals surface area contributed by atoms with E-state index in [0.29, 0.717) is 42.3 Å². The van der Waals surface area contributed by atoms with E-state index in [0.717, 1.165) is 38.5 Å². The van der Waals surface area contributed by atoms with Crippen molar-refractivity contribution in [2.45, 2.75) is 98.2 Å². The lowest BCUT2D eigenvalue weighted by atomic mass is 9.44. The molecule has 0 amide bonds. The first-order valence-corrected chi connectivity index (χ1v) is 11.9. The molecular weight excluding hydrogens is 380 g/mol. The van der Waals surface area contributed by atoms with Crippen molar-refractivity contribution in [3.63, 3.8) is 0 Å². The minimum absolute atomic E-state index is 0.0254. The lowest BCUT2D eigenvalue weighted by Gasteiger charge is -2.60. The molecular formula is C25H38O5. The van der Waals surface area contributed by atoms with E-state index < -0.39 is 0 Å². The van der Waals surface area contributed by atoms with E-state index in [1.165, 1.54) is 13.8 Å². The van der Waals surface area contributed by atoms with Crippen LogP contribution < -0.4 is 0 Å². The van der Waals surface area contributed by atoms with Gasteiger partial charge in [0, 0.05) is 32.1 Å². The summed E-state index contributed by atoms with van der Waals surface area (Å²) in [5.74, 6) is 1.90. The van der Waals surface area contributed by atoms with Crippen LogP contribution >= 0.6 is 0 Å². The van der Waals surface area contributed by atoms with Crippen LogP contribution in [0.4, 0.5) is 0 Å². The standard InChI is InChI=1S/C25H38O5/c1-14(29-15(2)26)19-6-7-20-18-13-23(28)22-12-17(30-16(3)27)8-10-25(22,5)21(18)9-11-24(19,20)4/h14,17-22H,6-13H2,1-5H3/t14?,17?,18-,19+,20-,21-,22?,24+,25+/m0/s1. The number of Topliss-reactive ketones (excluding diaryl/α,β-unsaturated/α-hetero) is 1. The Bertz CT molecular complexity index is 731. The SMILES string of the molecule is CC(=O)OC1CC[C@@]2(C)C(C1)C(=O)C[C@H]1[C@@H]3CC[C@H](C(C)OC(C)=O)[C@@]3(C)CC[C@@H]12. The van der Waals surface area contributed by atoms with Crippen LogP contribution in [-0.2, 0) is 23.9 Å². The summed E-state index contributed by atoms with van der Waals surface area (Å²) in [5.41, 5.74) is 0.173. The number of carbonyl (C=O) groups is 3. The molecule has 168 valence electrons. The molecule has 0 aromatic carbocycles. The van der Waals surface area contributed by atoms with E-state index in [2.05, 4.69) is 13.8 Å². The van der Waals surface area contributed by atoms with Gasteiger partial charge in [0.2, 0.25) is 0 Å². The lowest BCUT2D eigenvalue weighted by Crippen LogP contribution is -2.57. The summed E-state index contributed by atoms with van der Waals surface area (Å²) in [4.78, 5) is 36.3. The fraction of sp³-hybridized carbons (Fsp3) is 0.880. The highest BCUT2D eigenvalue weighted by Gasteiger charge is 2.63. The van der Waals surface area contributed by atoms with Gasteiger partial charge in [-0.15, -0.1) is 0 Å². The minimum atomic E-state index is -0.239. The number of ketones is 1. The van der Waals surface area contributed by atoms with Gasteiger partial charge in [-0.3, -0.25) is 14.4 Å². The van der Waals surface area contributed by atoms with Crippen molar-refractivity contribution in [3.05, 3.63) is 0 Å². The number of rotatable bonds is 3. The van der Waals surface area contributed by atoms with E-state index in [1.54, 1.807) is 0 Å². The second-order valence-corrected chi connectivity index (χ2v) is 11.2. The third-order valence-electron chi connectivity index (χ3n) is 9.73. The zero-order chi connectivity index (χ0) is 21.8. The first kappa shape index (κ1) is 21.8. The normalized spacial score (nSPS) is 46.2. The van der Waals surface area contributed by atoms with Crippen molar-refractivity contribution in [1.29, 1.82) is 0 Å². The second-order valence-electron chi connectivity index (χ2n) is 11.2. The third kappa shape index (κ3) is 3.40. The number of hydrogen-bond donors (Lipinski definition) is 0. The summed E-state index contributed by atoms with van der Waals surface area (Å²) in [5, 5.41) is 0. The van der Waals surface area contributed by atoms with Gasteiger partial charge in [-0.1, -0.05) is 13.8 Å². The smallest absolute Gasteiger partial charge is 0.302 e. The number of hydrogen-bond acceptors (Lipinski definition) is 5. The molecule has 30 heavy (non-hydrogen) atoms. The van der Waals surface area contributed by atoms with Gasteiger partial charge in [-0.2, -0.15) is 0 Å². The Balaban J connectivity index is 1.55. The Labute approximate surface area is 180 Å². The van der Waals surface area contributed by atoms with Crippen LogP contribution in [0.3, 0.4) is 0 Å². The third-order valence-corrected chi connectivity index (χ3v) is 9.73. The highest BCUT2D eigenvalue weighted by Crippen LogP contribution is 2.67. The fourth-order valence-corrected chi connectivity index (χ4v) is 8.50. The molecule has 4 saturated carbocycles. The quantitative estimate of drug-likeness (QED) is 0.621. The molecule has 0 saturated heterocycles. The monoisotopic (exact) mass is 418 g/mol. The van der Waals surface area contributed by atoms with Crippen molar-refractivity contribution in [2.24, 2.45) is 40.4 Å². The van der Waals surface area contributed by atoms with Crippen molar-refractivity contribution >= 4 is 17.7 Å². The van der Waals surface area contributed by atoms with Gasteiger partial charge >= 0.3 is 11.9 Å². The Morgan fingerprint density at radius 1 is 0.967 bits per heavy atom.